The number of rotatable bonds is 4. The highest BCUT2D eigenvalue weighted by atomic mass is 16.6. The Hall–Kier alpha value is -4.33. The molecule has 3 heterocycles. The minimum absolute atomic E-state index is 0.201. The zero-order valence-electron chi connectivity index (χ0n) is 21.5. The zero-order valence-corrected chi connectivity index (χ0v) is 21.5. The number of benzene rings is 3. The number of ether oxygens (including phenoxy) is 1. The Balaban J connectivity index is 1.16. The van der Waals surface area contributed by atoms with E-state index in [1.54, 1.807) is 17.3 Å². The van der Waals surface area contributed by atoms with Crippen molar-refractivity contribution in [2.75, 3.05) is 36.0 Å². The summed E-state index contributed by atoms with van der Waals surface area (Å²) in [5, 5.41) is 12.5. The van der Waals surface area contributed by atoms with Gasteiger partial charge in [-0.05, 0) is 30.4 Å². The van der Waals surface area contributed by atoms with E-state index >= 15 is 0 Å². The average molecular weight is 510 g/mol. The molecular formula is C30H31N5O3. The van der Waals surface area contributed by atoms with Gasteiger partial charge in [0.2, 0.25) is 0 Å². The van der Waals surface area contributed by atoms with Gasteiger partial charge < -0.3 is 24.5 Å². The number of piperazine rings is 1. The van der Waals surface area contributed by atoms with Gasteiger partial charge in [-0.1, -0.05) is 54.6 Å². The van der Waals surface area contributed by atoms with Crippen molar-refractivity contribution in [1.82, 2.24) is 14.9 Å². The molecule has 2 aliphatic heterocycles. The fourth-order valence-electron chi connectivity index (χ4n) is 5.53. The monoisotopic (exact) mass is 509 g/mol. The van der Waals surface area contributed by atoms with Crippen LogP contribution in [0.5, 0.6) is 5.75 Å². The first kappa shape index (κ1) is 24.0. The van der Waals surface area contributed by atoms with Crippen LogP contribution in [-0.4, -0.2) is 58.3 Å². The summed E-state index contributed by atoms with van der Waals surface area (Å²) >= 11 is 0. The number of carbonyl (C=O) groups excluding carboxylic acids is 1. The van der Waals surface area contributed by atoms with E-state index in [0.29, 0.717) is 32.7 Å². The summed E-state index contributed by atoms with van der Waals surface area (Å²) < 4.78 is 5.53. The molecule has 2 aliphatic rings. The van der Waals surface area contributed by atoms with E-state index in [0.717, 1.165) is 40.0 Å². The molecule has 1 aromatic heterocycles. The molecule has 0 saturated carbocycles. The van der Waals surface area contributed by atoms with Crippen molar-refractivity contribution in [1.29, 1.82) is 0 Å². The van der Waals surface area contributed by atoms with Gasteiger partial charge in [-0.3, -0.25) is 0 Å². The number of fused-ring (bicyclic) bond motifs is 2. The second-order valence-electron chi connectivity index (χ2n) is 10.0. The Morgan fingerprint density at radius 1 is 1.00 bits per heavy atom. The van der Waals surface area contributed by atoms with Gasteiger partial charge in [0, 0.05) is 54.9 Å². The van der Waals surface area contributed by atoms with Crippen LogP contribution >= 0.6 is 0 Å². The molecule has 4 aromatic rings. The molecule has 8 heteroatoms. The van der Waals surface area contributed by atoms with Crippen molar-refractivity contribution >= 4 is 28.4 Å². The third-order valence-corrected chi connectivity index (χ3v) is 7.54. The van der Waals surface area contributed by atoms with Gasteiger partial charge in [0.05, 0.1) is 12.2 Å². The summed E-state index contributed by atoms with van der Waals surface area (Å²) in [4.78, 5) is 28.3. The Labute approximate surface area is 222 Å². The Morgan fingerprint density at radius 2 is 1.76 bits per heavy atom. The third kappa shape index (κ3) is 4.69. The molecule has 0 radical (unpaired) electrons. The molecule has 8 nitrogen and oxygen atoms in total. The van der Waals surface area contributed by atoms with E-state index in [9.17, 15) is 9.90 Å². The molecule has 1 N–H and O–H groups in total. The first-order valence-electron chi connectivity index (χ1n) is 13.1. The number of hydrogen-bond acceptors (Lipinski definition) is 7. The minimum atomic E-state index is -0.277. The summed E-state index contributed by atoms with van der Waals surface area (Å²) in [6, 6.07) is 21.7. The fourth-order valence-corrected chi connectivity index (χ4v) is 5.53. The maximum atomic E-state index is 12.6. The average Bonchev–Trinajstić information content (AvgIpc) is 2.95. The highest BCUT2D eigenvalue weighted by Crippen LogP contribution is 2.37. The fraction of sp³-hybridized carbons (Fsp3) is 0.300. The van der Waals surface area contributed by atoms with Gasteiger partial charge in [0.25, 0.3) is 0 Å². The molecule has 0 aliphatic carbocycles. The Kier molecular flexibility index (Phi) is 6.45. The zero-order chi connectivity index (χ0) is 26.1. The summed E-state index contributed by atoms with van der Waals surface area (Å²) in [5.41, 5.74) is 4.17. The lowest BCUT2D eigenvalue weighted by atomic mass is 9.96. The predicted octanol–water partition coefficient (Wildman–Crippen LogP) is 4.75. The van der Waals surface area contributed by atoms with Crippen LogP contribution in [0.2, 0.25) is 0 Å². The lowest BCUT2D eigenvalue weighted by molar-refractivity contribution is 0.0941. The highest BCUT2D eigenvalue weighted by Gasteiger charge is 2.31. The second-order valence-corrected chi connectivity index (χ2v) is 10.0. The molecule has 38 heavy (non-hydrogen) atoms. The molecule has 3 aromatic carbocycles. The third-order valence-electron chi connectivity index (χ3n) is 7.54. The van der Waals surface area contributed by atoms with Crippen molar-refractivity contribution in [2.45, 2.75) is 32.5 Å². The van der Waals surface area contributed by atoms with Crippen LogP contribution in [0.3, 0.4) is 0 Å². The lowest BCUT2D eigenvalue weighted by Crippen LogP contribution is -2.50. The SMILES string of the molecule is CC1Cc2c(ncnc2N2CCN(C(=O)OCc3ccccc3)CC2)CN1c1cc(O)cc2ccccc12. The summed E-state index contributed by atoms with van der Waals surface area (Å²) in [6.07, 6.45) is 2.17. The molecule has 6 rings (SSSR count). The molecule has 194 valence electrons. The normalized spacial score (nSPS) is 17.4. The van der Waals surface area contributed by atoms with E-state index in [-0.39, 0.29) is 24.5 Å². The quantitative estimate of drug-likeness (QED) is 0.425. The van der Waals surface area contributed by atoms with E-state index in [2.05, 4.69) is 32.8 Å². The van der Waals surface area contributed by atoms with Crippen molar-refractivity contribution in [3.8, 4) is 5.75 Å². The van der Waals surface area contributed by atoms with Crippen LogP contribution in [0.1, 0.15) is 23.7 Å². The summed E-state index contributed by atoms with van der Waals surface area (Å²) in [5.74, 6) is 1.22. The summed E-state index contributed by atoms with van der Waals surface area (Å²) in [7, 11) is 0. The van der Waals surface area contributed by atoms with E-state index in [4.69, 9.17) is 4.74 Å². The van der Waals surface area contributed by atoms with E-state index in [1.807, 2.05) is 54.6 Å². The number of phenolic OH excluding ortho intramolecular Hbond substituents is 1. The van der Waals surface area contributed by atoms with E-state index in [1.165, 1.54) is 5.56 Å². The molecule has 1 unspecified atom stereocenters. The van der Waals surface area contributed by atoms with Crippen molar-refractivity contribution in [2.24, 2.45) is 0 Å². The van der Waals surface area contributed by atoms with Crippen molar-refractivity contribution < 1.29 is 14.6 Å². The van der Waals surface area contributed by atoms with Crippen LogP contribution in [0.15, 0.2) is 73.1 Å². The van der Waals surface area contributed by atoms with Crippen LogP contribution in [-0.2, 0) is 24.3 Å². The van der Waals surface area contributed by atoms with Crippen molar-refractivity contribution in [3.63, 3.8) is 0 Å². The van der Waals surface area contributed by atoms with Crippen LogP contribution in [0.25, 0.3) is 10.8 Å². The number of aromatic nitrogens is 2. The minimum Gasteiger partial charge on any atom is -0.508 e. The molecule has 0 spiro atoms. The standard InChI is InChI=1S/C30H31N5O3/c1-21-15-26-27(18-35(21)28-17-24(36)16-23-9-5-6-10-25(23)28)31-20-32-29(26)33-11-13-34(14-12-33)30(37)38-19-22-7-3-2-4-8-22/h2-10,16-17,20-21,36H,11-15,18-19H2,1H3. The molecule has 1 amide bonds. The van der Waals surface area contributed by atoms with Crippen LogP contribution in [0, 0.1) is 0 Å². The number of aromatic hydroxyl groups is 1. The largest absolute Gasteiger partial charge is 0.508 e. The highest BCUT2D eigenvalue weighted by molar-refractivity contribution is 5.96. The maximum absolute atomic E-state index is 12.6. The maximum Gasteiger partial charge on any atom is 0.410 e. The molecule has 1 atom stereocenters. The smallest absolute Gasteiger partial charge is 0.410 e. The van der Waals surface area contributed by atoms with Gasteiger partial charge in [-0.25, -0.2) is 14.8 Å². The Bertz CT molecular complexity index is 1450. The van der Waals surface area contributed by atoms with E-state index < -0.39 is 0 Å². The predicted molar refractivity (Wildman–Crippen MR) is 147 cm³/mol. The topological polar surface area (TPSA) is 82.0 Å². The van der Waals surface area contributed by atoms with Gasteiger partial charge >= 0.3 is 6.09 Å². The number of amides is 1. The van der Waals surface area contributed by atoms with Crippen LogP contribution in [0.4, 0.5) is 16.3 Å². The molecule has 1 saturated heterocycles. The first-order chi connectivity index (χ1) is 18.6. The number of carbonyl (C=O) groups is 1. The number of hydrogen-bond donors (Lipinski definition) is 1. The number of anilines is 2. The lowest BCUT2D eigenvalue weighted by Gasteiger charge is -2.40. The van der Waals surface area contributed by atoms with Gasteiger partial charge in [-0.15, -0.1) is 0 Å². The second kappa shape index (κ2) is 10.2. The van der Waals surface area contributed by atoms with Crippen LogP contribution < -0.4 is 9.80 Å². The summed E-state index contributed by atoms with van der Waals surface area (Å²) in [6.45, 7) is 5.69. The number of phenols is 1. The number of nitrogens with zero attached hydrogens (tertiary/aromatic N) is 5. The van der Waals surface area contributed by atoms with Gasteiger partial charge in [0.1, 0.15) is 24.5 Å². The first-order valence-corrected chi connectivity index (χ1v) is 13.1. The van der Waals surface area contributed by atoms with Crippen molar-refractivity contribution in [3.05, 3.63) is 89.9 Å². The van der Waals surface area contributed by atoms with Gasteiger partial charge in [0.15, 0.2) is 0 Å². The molecule has 0 bridgehead atoms. The van der Waals surface area contributed by atoms with Gasteiger partial charge in [-0.2, -0.15) is 0 Å². The Morgan fingerprint density at radius 3 is 2.58 bits per heavy atom. The molecule has 1 fully saturated rings. The molecular weight excluding hydrogens is 478 g/mol.